The van der Waals surface area contributed by atoms with Gasteiger partial charge in [-0.2, -0.15) is 43.9 Å². The summed E-state index contributed by atoms with van der Waals surface area (Å²) in [5.41, 5.74) is -7.64. The van der Waals surface area contributed by atoms with Crippen LogP contribution in [0.1, 0.15) is 52.4 Å². The molecule has 2 atom stereocenters. The predicted octanol–water partition coefficient (Wildman–Crippen LogP) is 6.61. The molecule has 0 fully saturated rings. The molecule has 0 bridgehead atoms. The SMILES string of the molecule is CCCCC(CC)COC(=O)CC(SOOO)C(=O)OCCC(F)(F)C(F)(F)C(F)(C(F)(F)F)C(F)(F)F. The van der Waals surface area contributed by atoms with E-state index in [2.05, 4.69) is 14.1 Å². The molecule has 0 amide bonds. The van der Waals surface area contributed by atoms with E-state index in [-0.39, 0.29) is 24.6 Å². The van der Waals surface area contributed by atoms with Gasteiger partial charge < -0.3 is 9.47 Å². The third-order valence-corrected chi connectivity index (χ3v) is 5.89. The van der Waals surface area contributed by atoms with Crippen LogP contribution in [0.15, 0.2) is 0 Å². The lowest BCUT2D eigenvalue weighted by molar-refractivity contribution is -0.432. The summed E-state index contributed by atoms with van der Waals surface area (Å²) >= 11 is -0.154. The van der Waals surface area contributed by atoms with Crippen LogP contribution >= 0.6 is 12.0 Å². The molecule has 0 saturated heterocycles. The summed E-state index contributed by atoms with van der Waals surface area (Å²) in [6.45, 7) is 1.72. The summed E-state index contributed by atoms with van der Waals surface area (Å²) in [6.07, 6.45) is -15.6. The lowest BCUT2D eigenvalue weighted by atomic mass is 9.89. The fraction of sp³-hybridized carbons (Fsp3) is 0.895. The second-order valence-corrected chi connectivity index (χ2v) is 8.78. The third kappa shape index (κ3) is 9.25. The monoisotopic (exact) mass is 606 g/mol. The molecule has 0 aromatic rings. The summed E-state index contributed by atoms with van der Waals surface area (Å²) in [6, 6.07) is 0. The first-order chi connectivity index (χ1) is 17.2. The van der Waals surface area contributed by atoms with E-state index in [1.165, 1.54) is 0 Å². The molecule has 0 radical (unpaired) electrons. The maximum absolute atomic E-state index is 13.8. The first-order valence-corrected chi connectivity index (χ1v) is 11.6. The van der Waals surface area contributed by atoms with Crippen LogP contribution in [0.3, 0.4) is 0 Å². The average Bonchev–Trinajstić information content (AvgIpc) is 2.79. The molecule has 2 unspecified atom stereocenters. The van der Waals surface area contributed by atoms with Gasteiger partial charge in [0.25, 0.3) is 0 Å². The van der Waals surface area contributed by atoms with E-state index in [0.717, 1.165) is 12.8 Å². The van der Waals surface area contributed by atoms with Crippen molar-refractivity contribution in [1.29, 1.82) is 0 Å². The fourth-order valence-corrected chi connectivity index (χ4v) is 3.32. The van der Waals surface area contributed by atoms with Gasteiger partial charge in [0.05, 0.1) is 38.1 Å². The van der Waals surface area contributed by atoms with Crippen molar-refractivity contribution in [1.82, 2.24) is 0 Å². The Balaban J connectivity index is 5.35. The van der Waals surface area contributed by atoms with Gasteiger partial charge in [-0.25, -0.2) is 9.65 Å². The first kappa shape index (κ1) is 36.4. The van der Waals surface area contributed by atoms with E-state index >= 15 is 0 Å². The van der Waals surface area contributed by atoms with Gasteiger partial charge >= 0.3 is 41.8 Å². The van der Waals surface area contributed by atoms with Crippen molar-refractivity contribution >= 4 is 24.0 Å². The molecule has 0 aliphatic rings. The van der Waals surface area contributed by atoms with Gasteiger partial charge in [-0.1, -0.05) is 38.1 Å². The molecule has 226 valence electrons. The third-order valence-electron chi connectivity index (χ3n) is 5.16. The molecule has 0 aromatic carbocycles. The molecular weight excluding hydrogens is 581 g/mol. The zero-order valence-electron chi connectivity index (χ0n) is 19.8. The van der Waals surface area contributed by atoms with Crippen LogP contribution in [0, 0.1) is 5.92 Å². The number of unbranched alkanes of at least 4 members (excludes halogenated alkanes) is 1. The van der Waals surface area contributed by atoms with Crippen molar-refractivity contribution < 1.29 is 82.0 Å². The lowest BCUT2D eigenvalue weighted by Gasteiger charge is -2.39. The number of alkyl halides is 11. The van der Waals surface area contributed by atoms with Crippen LogP contribution < -0.4 is 0 Å². The summed E-state index contributed by atoms with van der Waals surface area (Å²) in [7, 11) is 0. The lowest BCUT2D eigenvalue weighted by Crippen LogP contribution is -2.70. The van der Waals surface area contributed by atoms with Crippen molar-refractivity contribution in [3.63, 3.8) is 0 Å². The highest BCUT2D eigenvalue weighted by Crippen LogP contribution is 2.59. The van der Waals surface area contributed by atoms with Gasteiger partial charge in [0.1, 0.15) is 5.25 Å². The maximum atomic E-state index is 13.8. The largest absolute Gasteiger partial charge is 0.465 e. The molecule has 0 spiro atoms. The molecule has 0 rings (SSSR count). The molecular formula is C19H25F11O7S. The Morgan fingerprint density at radius 3 is 1.89 bits per heavy atom. The summed E-state index contributed by atoms with van der Waals surface area (Å²) < 4.78 is 157. The zero-order chi connectivity index (χ0) is 30.0. The van der Waals surface area contributed by atoms with Crippen LogP contribution in [-0.2, 0) is 28.4 Å². The average molecular weight is 606 g/mol. The number of ether oxygens (including phenoxy) is 2. The van der Waals surface area contributed by atoms with Gasteiger partial charge in [-0.3, -0.25) is 9.59 Å². The first-order valence-electron chi connectivity index (χ1n) is 10.8. The Hall–Kier alpha value is -1.60. The topological polar surface area (TPSA) is 91.3 Å². The van der Waals surface area contributed by atoms with E-state index in [0.29, 0.717) is 12.8 Å². The van der Waals surface area contributed by atoms with Crippen LogP contribution in [-0.4, -0.2) is 65.5 Å². The number of halogens is 11. The van der Waals surface area contributed by atoms with E-state index in [4.69, 9.17) is 9.99 Å². The Morgan fingerprint density at radius 1 is 0.895 bits per heavy atom. The Kier molecular flexibility index (Phi) is 14.1. The Labute approximate surface area is 213 Å². The van der Waals surface area contributed by atoms with Crippen LogP contribution in [0.25, 0.3) is 0 Å². The smallest absolute Gasteiger partial charge is 0.438 e. The maximum Gasteiger partial charge on any atom is 0.438 e. The van der Waals surface area contributed by atoms with Crippen molar-refractivity contribution in [3.05, 3.63) is 0 Å². The minimum atomic E-state index is -7.64. The molecule has 38 heavy (non-hydrogen) atoms. The van der Waals surface area contributed by atoms with Gasteiger partial charge in [0.15, 0.2) is 0 Å². The molecule has 0 heterocycles. The van der Waals surface area contributed by atoms with Crippen LogP contribution in [0.5, 0.6) is 0 Å². The summed E-state index contributed by atoms with van der Waals surface area (Å²) in [4.78, 5) is 24.0. The number of hydrogen-bond donors (Lipinski definition) is 1. The minimum absolute atomic E-state index is 0.0473. The van der Waals surface area contributed by atoms with Crippen molar-refractivity contribution in [2.75, 3.05) is 13.2 Å². The van der Waals surface area contributed by atoms with Crippen molar-refractivity contribution in [3.8, 4) is 0 Å². The number of carbonyl (C=O) groups is 2. The molecule has 19 heteroatoms. The number of rotatable bonds is 17. The van der Waals surface area contributed by atoms with Gasteiger partial charge in [-0.15, -0.1) is 4.33 Å². The highest BCUT2D eigenvalue weighted by molar-refractivity contribution is 7.95. The summed E-state index contributed by atoms with van der Waals surface area (Å²) in [5, 5.41) is 9.50. The van der Waals surface area contributed by atoms with Gasteiger partial charge in [0, 0.05) is 0 Å². The van der Waals surface area contributed by atoms with Gasteiger partial charge in [-0.05, 0) is 12.3 Å². The van der Waals surface area contributed by atoms with Gasteiger partial charge in [0.2, 0.25) is 0 Å². The minimum Gasteiger partial charge on any atom is -0.465 e. The molecule has 7 nitrogen and oxygen atoms in total. The Bertz CT molecular complexity index is 734. The summed E-state index contributed by atoms with van der Waals surface area (Å²) in [5.74, 6) is -16.5. The van der Waals surface area contributed by atoms with E-state index in [9.17, 15) is 57.9 Å². The van der Waals surface area contributed by atoms with E-state index < -0.39 is 66.5 Å². The predicted molar refractivity (Wildman–Crippen MR) is 106 cm³/mol. The quantitative estimate of drug-likeness (QED) is 0.0651. The zero-order valence-corrected chi connectivity index (χ0v) is 20.6. The number of hydrogen-bond acceptors (Lipinski definition) is 8. The molecule has 0 aromatic heterocycles. The standard InChI is InChI=1S/C19H25F11O7S/c1-3-5-6-11(4-2)10-35-13(31)9-12(38-37-36-33)14(32)34-8-7-15(20,21)17(23,24)16(22,18(25,26)27)19(28,29)30/h11-12,33H,3-10H2,1-2H3. The van der Waals surface area contributed by atoms with Crippen LogP contribution in [0.4, 0.5) is 48.3 Å². The van der Waals surface area contributed by atoms with Crippen molar-refractivity contribution in [2.24, 2.45) is 5.92 Å². The normalized spacial score (nSPS) is 15.2. The number of carbonyl (C=O) groups excluding carboxylic acids is 2. The van der Waals surface area contributed by atoms with Crippen molar-refractivity contribution in [2.45, 2.75) is 87.5 Å². The molecule has 0 aliphatic carbocycles. The van der Waals surface area contributed by atoms with E-state index in [1.54, 1.807) is 0 Å². The van der Waals surface area contributed by atoms with Crippen LogP contribution in [0.2, 0.25) is 0 Å². The second-order valence-electron chi connectivity index (χ2n) is 7.88. The van der Waals surface area contributed by atoms with E-state index in [1.807, 2.05) is 13.8 Å². The molecule has 0 saturated carbocycles. The second kappa shape index (κ2) is 14.7. The highest BCUT2D eigenvalue weighted by Gasteiger charge is 2.89. The molecule has 0 aliphatic heterocycles. The highest BCUT2D eigenvalue weighted by atomic mass is 32.2. The Morgan fingerprint density at radius 2 is 1.45 bits per heavy atom. The molecule has 1 N–H and O–H groups in total. The number of esters is 2. The fourth-order valence-electron chi connectivity index (χ4n) is 2.84.